The summed E-state index contributed by atoms with van der Waals surface area (Å²) in [4.78, 5) is 10.3. The van der Waals surface area contributed by atoms with Crippen molar-refractivity contribution in [3.63, 3.8) is 0 Å². The number of nitrogens with one attached hydrogen (secondary N) is 1. The van der Waals surface area contributed by atoms with Gasteiger partial charge in [-0.15, -0.1) is 0 Å². The Balaban J connectivity index is 1.93. The zero-order chi connectivity index (χ0) is 13.5. The number of ether oxygens (including phenoxy) is 1. The van der Waals surface area contributed by atoms with E-state index in [1.807, 2.05) is 0 Å². The van der Waals surface area contributed by atoms with Crippen LogP contribution in [0.2, 0.25) is 0 Å². The quantitative estimate of drug-likeness (QED) is 0.786. The summed E-state index contributed by atoms with van der Waals surface area (Å²) in [5.74, 6) is 0.232. The summed E-state index contributed by atoms with van der Waals surface area (Å²) in [5.41, 5.74) is 0. The highest BCUT2D eigenvalue weighted by Gasteiger charge is 2.24. The van der Waals surface area contributed by atoms with Crippen molar-refractivity contribution in [2.45, 2.75) is 25.3 Å². The van der Waals surface area contributed by atoms with Gasteiger partial charge in [-0.05, 0) is 19.3 Å². The number of aromatic nitrogens is 2. The summed E-state index contributed by atoms with van der Waals surface area (Å²) >= 11 is 0. The zero-order valence-electron chi connectivity index (χ0n) is 11.3. The molecule has 0 bridgehead atoms. The van der Waals surface area contributed by atoms with E-state index in [1.165, 1.54) is 18.8 Å². The van der Waals surface area contributed by atoms with E-state index in [0.29, 0.717) is 18.6 Å². The van der Waals surface area contributed by atoms with Crippen LogP contribution in [-0.4, -0.2) is 49.4 Å². The number of piperidine rings is 1. The molecule has 0 aromatic carbocycles. The van der Waals surface area contributed by atoms with Crippen molar-refractivity contribution in [2.24, 2.45) is 0 Å². The van der Waals surface area contributed by atoms with Crippen LogP contribution in [0.1, 0.15) is 19.3 Å². The molecule has 2 rings (SSSR count). The van der Waals surface area contributed by atoms with Crippen LogP contribution in [0, 0.1) is 5.82 Å². The molecule has 1 fully saturated rings. The number of methoxy groups -OCH3 is 1. The fourth-order valence-electron chi connectivity index (χ4n) is 2.37. The van der Waals surface area contributed by atoms with Crippen molar-refractivity contribution in [1.29, 1.82) is 0 Å². The standard InChI is InChI=1S/C13H21FN4O/c1-19-7-5-15-10-12-4-2-3-6-18(12)13-16-8-11(14)9-17-13/h8-9,12,15H,2-7,10H2,1H3. The molecule has 0 radical (unpaired) electrons. The molecule has 5 nitrogen and oxygen atoms in total. The highest BCUT2D eigenvalue weighted by Crippen LogP contribution is 2.20. The molecule has 0 amide bonds. The summed E-state index contributed by atoms with van der Waals surface area (Å²) in [6, 6.07) is 0.371. The van der Waals surface area contributed by atoms with Gasteiger partial charge in [0.15, 0.2) is 5.82 Å². The van der Waals surface area contributed by atoms with Gasteiger partial charge in [0, 0.05) is 32.8 Å². The van der Waals surface area contributed by atoms with Crippen LogP contribution in [0.3, 0.4) is 0 Å². The largest absolute Gasteiger partial charge is 0.383 e. The highest BCUT2D eigenvalue weighted by molar-refractivity contribution is 5.31. The molecule has 1 aromatic heterocycles. The number of hydrogen-bond donors (Lipinski definition) is 1. The molecule has 0 saturated carbocycles. The van der Waals surface area contributed by atoms with Gasteiger partial charge in [0.2, 0.25) is 5.95 Å². The Labute approximate surface area is 113 Å². The lowest BCUT2D eigenvalue weighted by atomic mass is 10.0. The molecule has 1 atom stereocenters. The van der Waals surface area contributed by atoms with Gasteiger partial charge in [0.25, 0.3) is 0 Å². The fourth-order valence-corrected chi connectivity index (χ4v) is 2.37. The molecule has 1 saturated heterocycles. The predicted octanol–water partition coefficient (Wildman–Crippen LogP) is 1.21. The van der Waals surface area contributed by atoms with Crippen molar-refractivity contribution < 1.29 is 9.13 Å². The van der Waals surface area contributed by atoms with Crippen LogP contribution >= 0.6 is 0 Å². The lowest BCUT2D eigenvalue weighted by Crippen LogP contribution is -2.46. The van der Waals surface area contributed by atoms with Crippen LogP contribution in [0.5, 0.6) is 0 Å². The Kier molecular flexibility index (Phi) is 5.47. The minimum atomic E-state index is -0.393. The molecule has 0 spiro atoms. The average Bonchev–Trinajstić information content (AvgIpc) is 2.45. The Bertz CT molecular complexity index is 373. The molecule has 1 N–H and O–H groups in total. The number of nitrogens with zero attached hydrogens (tertiary/aromatic N) is 3. The summed E-state index contributed by atoms with van der Waals surface area (Å²) < 4.78 is 17.9. The Morgan fingerprint density at radius 3 is 2.95 bits per heavy atom. The SMILES string of the molecule is COCCNCC1CCCCN1c1ncc(F)cn1. The third-order valence-electron chi connectivity index (χ3n) is 3.35. The number of halogens is 1. The van der Waals surface area contributed by atoms with Gasteiger partial charge >= 0.3 is 0 Å². The summed E-state index contributed by atoms with van der Waals surface area (Å²) in [6.07, 6.45) is 5.92. The molecular weight excluding hydrogens is 247 g/mol. The van der Waals surface area contributed by atoms with Gasteiger partial charge in [0.1, 0.15) is 0 Å². The van der Waals surface area contributed by atoms with Crippen LogP contribution < -0.4 is 10.2 Å². The molecule has 0 aliphatic carbocycles. The van der Waals surface area contributed by atoms with E-state index in [1.54, 1.807) is 7.11 Å². The molecule has 106 valence electrons. The fraction of sp³-hybridized carbons (Fsp3) is 0.692. The molecule has 19 heavy (non-hydrogen) atoms. The van der Waals surface area contributed by atoms with Crippen molar-refractivity contribution in [3.05, 3.63) is 18.2 Å². The molecule has 1 aromatic rings. The lowest BCUT2D eigenvalue weighted by molar-refractivity contribution is 0.198. The Morgan fingerprint density at radius 1 is 1.42 bits per heavy atom. The van der Waals surface area contributed by atoms with Crippen LogP contribution in [0.4, 0.5) is 10.3 Å². The summed E-state index contributed by atoms with van der Waals surface area (Å²) in [6.45, 7) is 3.36. The average molecular weight is 268 g/mol. The maximum atomic E-state index is 12.9. The first-order valence-corrected chi connectivity index (χ1v) is 6.75. The Hall–Kier alpha value is -1.27. The number of rotatable bonds is 6. The van der Waals surface area contributed by atoms with Crippen molar-refractivity contribution in [3.8, 4) is 0 Å². The Morgan fingerprint density at radius 2 is 2.21 bits per heavy atom. The van der Waals surface area contributed by atoms with E-state index in [9.17, 15) is 4.39 Å². The molecule has 1 aliphatic rings. The van der Waals surface area contributed by atoms with Gasteiger partial charge in [0.05, 0.1) is 19.0 Å². The van der Waals surface area contributed by atoms with Crippen molar-refractivity contribution in [2.75, 3.05) is 38.3 Å². The van der Waals surface area contributed by atoms with Gasteiger partial charge in [-0.2, -0.15) is 0 Å². The van der Waals surface area contributed by atoms with Crippen LogP contribution in [0.25, 0.3) is 0 Å². The minimum absolute atomic E-state index is 0.371. The molecule has 2 heterocycles. The minimum Gasteiger partial charge on any atom is -0.383 e. The first kappa shape index (κ1) is 14.1. The van der Waals surface area contributed by atoms with E-state index in [2.05, 4.69) is 20.2 Å². The normalized spacial score (nSPS) is 19.7. The topological polar surface area (TPSA) is 50.3 Å². The van der Waals surface area contributed by atoms with Gasteiger partial charge in [-0.1, -0.05) is 0 Å². The maximum Gasteiger partial charge on any atom is 0.225 e. The summed E-state index contributed by atoms with van der Waals surface area (Å²) in [5, 5.41) is 3.37. The first-order valence-electron chi connectivity index (χ1n) is 6.75. The molecule has 1 unspecified atom stereocenters. The van der Waals surface area contributed by atoms with Gasteiger partial charge < -0.3 is 15.0 Å². The summed E-state index contributed by atoms with van der Waals surface area (Å²) in [7, 11) is 1.70. The lowest BCUT2D eigenvalue weighted by Gasteiger charge is -2.35. The van der Waals surface area contributed by atoms with E-state index in [0.717, 1.165) is 32.5 Å². The number of hydrogen-bond acceptors (Lipinski definition) is 5. The van der Waals surface area contributed by atoms with Crippen LogP contribution in [-0.2, 0) is 4.74 Å². The van der Waals surface area contributed by atoms with Crippen molar-refractivity contribution >= 4 is 5.95 Å². The monoisotopic (exact) mass is 268 g/mol. The van der Waals surface area contributed by atoms with E-state index >= 15 is 0 Å². The second-order valence-electron chi connectivity index (χ2n) is 4.74. The van der Waals surface area contributed by atoms with E-state index in [4.69, 9.17) is 4.74 Å². The highest BCUT2D eigenvalue weighted by atomic mass is 19.1. The van der Waals surface area contributed by atoms with Gasteiger partial charge in [-0.3, -0.25) is 0 Å². The van der Waals surface area contributed by atoms with Gasteiger partial charge in [-0.25, -0.2) is 14.4 Å². The van der Waals surface area contributed by atoms with Crippen LogP contribution in [0.15, 0.2) is 12.4 Å². The van der Waals surface area contributed by atoms with E-state index in [-0.39, 0.29) is 0 Å². The zero-order valence-corrected chi connectivity index (χ0v) is 11.3. The van der Waals surface area contributed by atoms with E-state index < -0.39 is 5.82 Å². The third-order valence-corrected chi connectivity index (χ3v) is 3.35. The smallest absolute Gasteiger partial charge is 0.225 e. The second kappa shape index (κ2) is 7.35. The maximum absolute atomic E-state index is 12.9. The molecular formula is C13H21FN4O. The predicted molar refractivity (Wildman–Crippen MR) is 71.7 cm³/mol. The number of anilines is 1. The van der Waals surface area contributed by atoms with Crippen molar-refractivity contribution in [1.82, 2.24) is 15.3 Å². The molecule has 1 aliphatic heterocycles. The molecule has 6 heteroatoms. The second-order valence-corrected chi connectivity index (χ2v) is 4.74. The third kappa shape index (κ3) is 4.11. The first-order chi connectivity index (χ1) is 9.31.